The Morgan fingerprint density at radius 1 is 1.42 bits per heavy atom. The largest absolute Gasteiger partial charge is 0.372 e. The molecule has 0 aliphatic carbocycles. The molecule has 0 saturated heterocycles. The van der Waals surface area contributed by atoms with Crippen LogP contribution in [0.3, 0.4) is 0 Å². The Bertz CT molecular complexity index is 171. The molecule has 1 amide bonds. The summed E-state index contributed by atoms with van der Waals surface area (Å²) in [5, 5.41) is 0. The maximum Gasteiger partial charge on any atom is 0.341 e. The molecular weight excluding hydrogens is 162 g/mol. The topological polar surface area (TPSA) is 121 Å². The van der Waals surface area contributed by atoms with E-state index >= 15 is 0 Å². The lowest BCUT2D eigenvalue weighted by atomic mass is 10.1. The Labute approximate surface area is 70.0 Å². The van der Waals surface area contributed by atoms with Crippen LogP contribution in [-0.4, -0.2) is 17.9 Å². The van der Waals surface area contributed by atoms with Gasteiger partial charge in [-0.1, -0.05) is 0 Å². The second-order valence-electron chi connectivity index (χ2n) is 2.40. The van der Waals surface area contributed by atoms with E-state index in [9.17, 15) is 9.59 Å². The van der Waals surface area contributed by atoms with Gasteiger partial charge in [0, 0.05) is 6.42 Å². The minimum Gasteiger partial charge on any atom is -0.372 e. The normalized spacial score (nSPS) is 12.2. The fourth-order valence-electron chi connectivity index (χ4n) is 0.701. The van der Waals surface area contributed by atoms with Gasteiger partial charge in [0.25, 0.3) is 0 Å². The number of hydrogen-bond acceptors (Lipinski definition) is 5. The molecule has 0 heterocycles. The minimum absolute atomic E-state index is 0.214. The molecule has 0 aliphatic rings. The van der Waals surface area contributed by atoms with Gasteiger partial charge in [-0.05, 0) is 12.8 Å². The monoisotopic (exact) mass is 175 g/mol. The van der Waals surface area contributed by atoms with Gasteiger partial charge in [-0.25, -0.2) is 4.79 Å². The molecule has 0 aliphatic heterocycles. The number of nitrogens with two attached hydrogens (primary N) is 3. The van der Waals surface area contributed by atoms with Crippen LogP contribution in [0.5, 0.6) is 0 Å². The summed E-state index contributed by atoms with van der Waals surface area (Å²) >= 11 is 0. The average molecular weight is 175 g/mol. The van der Waals surface area contributed by atoms with Crippen LogP contribution in [0.15, 0.2) is 0 Å². The molecular formula is C6H13N3O3. The third-order valence-electron chi connectivity index (χ3n) is 1.36. The van der Waals surface area contributed by atoms with Gasteiger partial charge in [-0.15, -0.1) is 0 Å². The van der Waals surface area contributed by atoms with Crippen molar-refractivity contribution in [3.63, 3.8) is 0 Å². The first-order valence-corrected chi connectivity index (χ1v) is 3.52. The van der Waals surface area contributed by atoms with E-state index in [4.69, 9.17) is 11.5 Å². The van der Waals surface area contributed by atoms with E-state index in [2.05, 4.69) is 10.7 Å². The highest BCUT2D eigenvalue weighted by molar-refractivity contribution is 5.75. The summed E-state index contributed by atoms with van der Waals surface area (Å²) in [5.74, 6) is 3.49. The Hall–Kier alpha value is -1.14. The third-order valence-corrected chi connectivity index (χ3v) is 1.36. The molecule has 0 spiro atoms. The summed E-state index contributed by atoms with van der Waals surface area (Å²) in [7, 11) is 0. The summed E-state index contributed by atoms with van der Waals surface area (Å²) in [6.07, 6.45) is 1.02. The summed E-state index contributed by atoms with van der Waals surface area (Å²) < 4.78 is 0. The van der Waals surface area contributed by atoms with Gasteiger partial charge in [0.05, 0.1) is 0 Å². The highest BCUT2D eigenvalue weighted by Crippen LogP contribution is 1.98. The molecule has 0 saturated carbocycles. The van der Waals surface area contributed by atoms with Crippen molar-refractivity contribution in [2.24, 2.45) is 17.4 Å². The number of amides is 1. The second-order valence-corrected chi connectivity index (χ2v) is 2.40. The van der Waals surface area contributed by atoms with Crippen molar-refractivity contribution in [1.82, 2.24) is 0 Å². The van der Waals surface area contributed by atoms with E-state index in [1.807, 2.05) is 0 Å². The van der Waals surface area contributed by atoms with Crippen LogP contribution in [0.1, 0.15) is 19.3 Å². The number of carbonyl (C=O) groups excluding carboxylic acids is 2. The number of hydrogen-bond donors (Lipinski definition) is 3. The van der Waals surface area contributed by atoms with E-state index in [1.165, 1.54) is 0 Å². The number of carbonyl (C=O) groups is 2. The van der Waals surface area contributed by atoms with Crippen LogP contribution in [0.4, 0.5) is 0 Å². The molecule has 0 fully saturated rings. The van der Waals surface area contributed by atoms with Gasteiger partial charge < -0.3 is 16.3 Å². The maximum absolute atomic E-state index is 10.6. The van der Waals surface area contributed by atoms with Gasteiger partial charge in [0.2, 0.25) is 5.91 Å². The standard InChI is InChI=1S/C6H13N3O3/c7-4(6(11)12-9)2-1-3-5(8)10/h4H,1-3,7,9H2,(H2,8,10)/t4-/m0/s1. The molecule has 0 aromatic carbocycles. The van der Waals surface area contributed by atoms with E-state index < -0.39 is 17.9 Å². The van der Waals surface area contributed by atoms with Crippen LogP contribution in [-0.2, 0) is 14.4 Å². The SMILES string of the molecule is NOC(=O)[C@@H](N)CCCC(N)=O. The lowest BCUT2D eigenvalue weighted by Gasteiger charge is -2.06. The van der Waals surface area contributed by atoms with Crippen molar-refractivity contribution in [3.05, 3.63) is 0 Å². The first kappa shape index (κ1) is 10.9. The lowest BCUT2D eigenvalue weighted by Crippen LogP contribution is -2.34. The van der Waals surface area contributed by atoms with Crippen LogP contribution in [0.2, 0.25) is 0 Å². The Balaban J connectivity index is 3.50. The smallest absolute Gasteiger partial charge is 0.341 e. The molecule has 6 nitrogen and oxygen atoms in total. The van der Waals surface area contributed by atoms with Crippen molar-refractivity contribution in [1.29, 1.82) is 0 Å². The highest BCUT2D eigenvalue weighted by Gasteiger charge is 2.13. The molecule has 0 unspecified atom stereocenters. The summed E-state index contributed by atoms with van der Waals surface area (Å²) in [6.45, 7) is 0. The number of primary amides is 1. The molecule has 0 bridgehead atoms. The molecule has 0 radical (unpaired) electrons. The maximum atomic E-state index is 10.6. The third kappa shape index (κ3) is 4.64. The van der Waals surface area contributed by atoms with Gasteiger partial charge in [-0.2, -0.15) is 5.90 Å². The Kier molecular flexibility index (Phi) is 4.98. The Morgan fingerprint density at radius 2 is 2.00 bits per heavy atom. The highest BCUT2D eigenvalue weighted by atomic mass is 16.7. The van der Waals surface area contributed by atoms with Crippen LogP contribution >= 0.6 is 0 Å². The zero-order chi connectivity index (χ0) is 9.56. The minimum atomic E-state index is -0.769. The molecule has 6 heteroatoms. The van der Waals surface area contributed by atoms with E-state index in [0.29, 0.717) is 12.8 Å². The summed E-state index contributed by atoms with van der Waals surface area (Å²) in [5.41, 5.74) is 10.2. The van der Waals surface area contributed by atoms with Crippen LogP contribution < -0.4 is 17.4 Å². The molecule has 0 rings (SSSR count). The van der Waals surface area contributed by atoms with Crippen molar-refractivity contribution in [2.75, 3.05) is 0 Å². The first-order chi connectivity index (χ1) is 5.57. The zero-order valence-electron chi connectivity index (χ0n) is 6.66. The molecule has 6 N–H and O–H groups in total. The van der Waals surface area contributed by atoms with Gasteiger partial charge in [-0.3, -0.25) is 4.79 Å². The van der Waals surface area contributed by atoms with E-state index in [0.717, 1.165) is 0 Å². The Morgan fingerprint density at radius 3 is 2.42 bits per heavy atom. The molecule has 12 heavy (non-hydrogen) atoms. The van der Waals surface area contributed by atoms with Crippen molar-refractivity contribution < 1.29 is 14.4 Å². The first-order valence-electron chi connectivity index (χ1n) is 3.52. The number of rotatable bonds is 5. The van der Waals surface area contributed by atoms with Crippen molar-refractivity contribution in [2.45, 2.75) is 25.3 Å². The fourth-order valence-corrected chi connectivity index (χ4v) is 0.701. The molecule has 1 atom stereocenters. The zero-order valence-corrected chi connectivity index (χ0v) is 6.66. The summed E-state index contributed by atoms with van der Waals surface area (Å²) in [6, 6.07) is -0.769. The fraction of sp³-hybridized carbons (Fsp3) is 0.667. The van der Waals surface area contributed by atoms with Crippen LogP contribution in [0, 0.1) is 0 Å². The quantitative estimate of drug-likeness (QED) is 0.434. The predicted octanol–water partition coefficient (Wildman–Crippen LogP) is -1.61. The van der Waals surface area contributed by atoms with E-state index in [-0.39, 0.29) is 6.42 Å². The predicted molar refractivity (Wildman–Crippen MR) is 41.3 cm³/mol. The lowest BCUT2D eigenvalue weighted by molar-refractivity contribution is -0.146. The van der Waals surface area contributed by atoms with Crippen molar-refractivity contribution >= 4 is 11.9 Å². The molecule has 0 aromatic rings. The molecule has 70 valence electrons. The van der Waals surface area contributed by atoms with Crippen molar-refractivity contribution in [3.8, 4) is 0 Å². The molecule has 0 aromatic heterocycles. The second kappa shape index (κ2) is 5.50. The average Bonchev–Trinajstić information content (AvgIpc) is 2.02. The summed E-state index contributed by atoms with van der Waals surface area (Å²) in [4.78, 5) is 24.7. The van der Waals surface area contributed by atoms with E-state index in [1.54, 1.807) is 0 Å². The van der Waals surface area contributed by atoms with Gasteiger partial charge in [0.1, 0.15) is 6.04 Å². The van der Waals surface area contributed by atoms with Crippen LogP contribution in [0.25, 0.3) is 0 Å². The van der Waals surface area contributed by atoms with Gasteiger partial charge >= 0.3 is 5.97 Å². The van der Waals surface area contributed by atoms with Gasteiger partial charge in [0.15, 0.2) is 0 Å².